The van der Waals surface area contributed by atoms with Gasteiger partial charge < -0.3 is 19.9 Å². The average molecular weight is 403 g/mol. The number of aryl methyl sites for hydroxylation is 1. The van der Waals surface area contributed by atoms with Crippen LogP contribution in [0.2, 0.25) is 0 Å². The fraction of sp³-hybridized carbons (Fsp3) is 0.250. The molecule has 0 radical (unpaired) electrons. The maximum absolute atomic E-state index is 9.71. The van der Waals surface area contributed by atoms with Gasteiger partial charge in [-0.1, -0.05) is 37.6 Å². The molecule has 0 saturated heterocycles. The number of nitrogens with two attached hydrogens (primary N) is 1. The van der Waals surface area contributed by atoms with E-state index in [1.807, 2.05) is 18.2 Å². The molecule has 0 bridgehead atoms. The zero-order chi connectivity index (χ0) is 21.7. The van der Waals surface area contributed by atoms with Gasteiger partial charge in [-0.25, -0.2) is 4.98 Å². The Morgan fingerprint density at radius 3 is 2.07 bits per heavy atom. The van der Waals surface area contributed by atoms with E-state index in [2.05, 4.69) is 30.1 Å². The Bertz CT molecular complexity index is 1060. The molecule has 3 rings (SSSR count). The second-order valence-corrected chi connectivity index (χ2v) is 6.79. The highest BCUT2D eigenvalue weighted by molar-refractivity contribution is 5.82. The second-order valence-electron chi connectivity index (χ2n) is 6.79. The minimum atomic E-state index is 0.177. The van der Waals surface area contributed by atoms with E-state index in [-0.39, 0.29) is 5.82 Å². The number of nitrogen functional groups attached to an aromatic ring is 1. The second kappa shape index (κ2) is 9.19. The molecule has 3 aromatic rings. The van der Waals surface area contributed by atoms with E-state index >= 15 is 0 Å². The number of nitrogens with zero attached hydrogens (tertiary/aromatic N) is 2. The molecule has 0 aliphatic rings. The molecule has 154 valence electrons. The number of rotatable bonds is 7. The highest BCUT2D eigenvalue weighted by Gasteiger charge is 2.19. The van der Waals surface area contributed by atoms with Gasteiger partial charge in [0.05, 0.1) is 27.0 Å². The predicted octanol–water partition coefficient (Wildman–Crippen LogP) is 4.85. The monoisotopic (exact) mass is 403 g/mol. The Labute approximate surface area is 176 Å². The highest BCUT2D eigenvalue weighted by Crippen LogP contribution is 2.42. The summed E-state index contributed by atoms with van der Waals surface area (Å²) < 4.78 is 16.3. The molecular weight excluding hydrogens is 378 g/mol. The third kappa shape index (κ3) is 4.01. The predicted molar refractivity (Wildman–Crippen MR) is 118 cm³/mol. The minimum absolute atomic E-state index is 0.177. The number of pyridine rings is 1. The lowest BCUT2D eigenvalue weighted by Crippen LogP contribution is -2.01. The standard InChI is InChI=1S/C24H25N3O3/c1-5-6-15-7-9-16(10-8-15)20-13-18(19(14-25)24(26)27-20)17-11-21(28-2)23(30-4)22(12-17)29-3/h7-13H,5-6H2,1-4H3,(H2,26,27). The number of ether oxygens (including phenoxy) is 3. The van der Waals surface area contributed by atoms with E-state index in [1.54, 1.807) is 33.5 Å². The number of nitriles is 1. The van der Waals surface area contributed by atoms with Gasteiger partial charge in [0, 0.05) is 11.1 Å². The number of hydrogen-bond acceptors (Lipinski definition) is 6. The quantitative estimate of drug-likeness (QED) is 0.607. The first-order chi connectivity index (χ1) is 14.6. The maximum atomic E-state index is 9.71. The largest absolute Gasteiger partial charge is 0.493 e. The molecule has 0 atom stereocenters. The van der Waals surface area contributed by atoms with Crippen molar-refractivity contribution in [2.45, 2.75) is 19.8 Å². The van der Waals surface area contributed by atoms with Gasteiger partial charge in [-0.3, -0.25) is 0 Å². The Morgan fingerprint density at radius 2 is 1.57 bits per heavy atom. The highest BCUT2D eigenvalue weighted by atomic mass is 16.5. The van der Waals surface area contributed by atoms with Crippen molar-refractivity contribution in [3.05, 3.63) is 53.6 Å². The van der Waals surface area contributed by atoms with Gasteiger partial charge in [-0.2, -0.15) is 5.26 Å². The van der Waals surface area contributed by atoms with Crippen molar-refractivity contribution in [3.8, 4) is 45.7 Å². The topological polar surface area (TPSA) is 90.4 Å². The van der Waals surface area contributed by atoms with Gasteiger partial charge in [0.25, 0.3) is 0 Å². The Morgan fingerprint density at radius 1 is 0.933 bits per heavy atom. The molecule has 30 heavy (non-hydrogen) atoms. The van der Waals surface area contributed by atoms with Crippen molar-refractivity contribution < 1.29 is 14.2 Å². The molecule has 0 aliphatic carbocycles. The van der Waals surface area contributed by atoms with Crippen molar-refractivity contribution in [2.75, 3.05) is 27.1 Å². The Kier molecular flexibility index (Phi) is 6.43. The van der Waals surface area contributed by atoms with Crippen molar-refractivity contribution in [1.29, 1.82) is 5.26 Å². The summed E-state index contributed by atoms with van der Waals surface area (Å²) >= 11 is 0. The Hall–Kier alpha value is -3.72. The van der Waals surface area contributed by atoms with Crippen LogP contribution < -0.4 is 19.9 Å². The molecule has 0 fully saturated rings. The van der Waals surface area contributed by atoms with Crippen LogP contribution in [0, 0.1) is 11.3 Å². The van der Waals surface area contributed by atoms with Crippen LogP contribution in [0.1, 0.15) is 24.5 Å². The number of benzene rings is 2. The number of methoxy groups -OCH3 is 3. The molecule has 6 heteroatoms. The van der Waals surface area contributed by atoms with E-state index in [9.17, 15) is 5.26 Å². The number of hydrogen-bond donors (Lipinski definition) is 1. The summed E-state index contributed by atoms with van der Waals surface area (Å²) in [6, 6.07) is 15.9. The van der Waals surface area contributed by atoms with E-state index < -0.39 is 0 Å². The van der Waals surface area contributed by atoms with Crippen LogP contribution in [0.5, 0.6) is 17.2 Å². The lowest BCUT2D eigenvalue weighted by Gasteiger charge is -2.16. The summed E-state index contributed by atoms with van der Waals surface area (Å²) in [6.07, 6.45) is 2.12. The van der Waals surface area contributed by atoms with Crippen LogP contribution in [0.3, 0.4) is 0 Å². The van der Waals surface area contributed by atoms with Gasteiger partial charge in [-0.05, 0) is 35.7 Å². The van der Waals surface area contributed by atoms with Gasteiger partial charge in [-0.15, -0.1) is 0 Å². The van der Waals surface area contributed by atoms with E-state index in [0.29, 0.717) is 34.1 Å². The summed E-state index contributed by atoms with van der Waals surface area (Å²) in [5.74, 6) is 1.65. The van der Waals surface area contributed by atoms with Gasteiger partial charge in [0.1, 0.15) is 17.5 Å². The van der Waals surface area contributed by atoms with Crippen molar-refractivity contribution in [1.82, 2.24) is 4.98 Å². The van der Waals surface area contributed by atoms with Gasteiger partial charge in [0.15, 0.2) is 11.5 Å². The van der Waals surface area contributed by atoms with Crippen LogP contribution in [-0.4, -0.2) is 26.3 Å². The van der Waals surface area contributed by atoms with E-state index in [0.717, 1.165) is 24.0 Å². The Balaban J connectivity index is 2.19. The van der Waals surface area contributed by atoms with Crippen LogP contribution in [0.25, 0.3) is 22.4 Å². The first-order valence-electron chi connectivity index (χ1n) is 9.66. The molecule has 1 heterocycles. The molecule has 0 aliphatic heterocycles. The smallest absolute Gasteiger partial charge is 0.203 e. The third-order valence-electron chi connectivity index (χ3n) is 4.92. The van der Waals surface area contributed by atoms with Crippen LogP contribution >= 0.6 is 0 Å². The summed E-state index contributed by atoms with van der Waals surface area (Å²) in [5.41, 5.74) is 10.7. The molecule has 6 nitrogen and oxygen atoms in total. The summed E-state index contributed by atoms with van der Waals surface area (Å²) in [4.78, 5) is 4.46. The molecule has 0 saturated carbocycles. The van der Waals surface area contributed by atoms with Gasteiger partial charge >= 0.3 is 0 Å². The van der Waals surface area contributed by atoms with Crippen LogP contribution in [-0.2, 0) is 6.42 Å². The normalized spacial score (nSPS) is 10.4. The average Bonchev–Trinajstić information content (AvgIpc) is 2.78. The maximum Gasteiger partial charge on any atom is 0.203 e. The minimum Gasteiger partial charge on any atom is -0.493 e. The molecule has 1 aromatic heterocycles. The molecule has 2 aromatic carbocycles. The van der Waals surface area contributed by atoms with Crippen LogP contribution in [0.15, 0.2) is 42.5 Å². The van der Waals surface area contributed by atoms with Crippen molar-refractivity contribution >= 4 is 5.82 Å². The number of anilines is 1. The fourth-order valence-electron chi connectivity index (χ4n) is 3.43. The van der Waals surface area contributed by atoms with Gasteiger partial charge in [0.2, 0.25) is 5.75 Å². The number of aromatic nitrogens is 1. The van der Waals surface area contributed by atoms with Crippen LogP contribution in [0.4, 0.5) is 5.82 Å². The lowest BCUT2D eigenvalue weighted by atomic mass is 9.97. The van der Waals surface area contributed by atoms with Crippen molar-refractivity contribution in [3.63, 3.8) is 0 Å². The fourth-order valence-corrected chi connectivity index (χ4v) is 3.43. The first kappa shape index (κ1) is 21.0. The molecular formula is C24H25N3O3. The summed E-state index contributed by atoms with van der Waals surface area (Å²) in [5, 5.41) is 9.71. The SMILES string of the molecule is CCCc1ccc(-c2cc(-c3cc(OC)c(OC)c(OC)c3)c(C#N)c(N)n2)cc1. The van der Waals surface area contributed by atoms with Crippen molar-refractivity contribution in [2.24, 2.45) is 0 Å². The van der Waals surface area contributed by atoms with E-state index in [1.165, 1.54) is 5.56 Å². The molecule has 0 spiro atoms. The summed E-state index contributed by atoms with van der Waals surface area (Å²) in [7, 11) is 4.65. The van der Waals surface area contributed by atoms with E-state index in [4.69, 9.17) is 19.9 Å². The lowest BCUT2D eigenvalue weighted by molar-refractivity contribution is 0.324. The molecule has 0 unspecified atom stereocenters. The zero-order valence-electron chi connectivity index (χ0n) is 17.7. The first-order valence-corrected chi connectivity index (χ1v) is 9.66. The molecule has 2 N–H and O–H groups in total. The molecule has 0 amide bonds. The zero-order valence-corrected chi connectivity index (χ0v) is 17.7. The third-order valence-corrected chi connectivity index (χ3v) is 4.92. The summed E-state index contributed by atoms with van der Waals surface area (Å²) in [6.45, 7) is 2.15.